The summed E-state index contributed by atoms with van der Waals surface area (Å²) in [5.41, 5.74) is 0.453. The van der Waals surface area contributed by atoms with Gasteiger partial charge in [-0.1, -0.05) is 36.4 Å². The molecule has 9 nitrogen and oxygen atoms in total. The second kappa shape index (κ2) is 10.00. The van der Waals surface area contributed by atoms with Gasteiger partial charge in [0.2, 0.25) is 0 Å². The summed E-state index contributed by atoms with van der Waals surface area (Å²) < 4.78 is 8.90. The average Bonchev–Trinajstić information content (AvgIpc) is 2.65. The van der Waals surface area contributed by atoms with Crippen molar-refractivity contribution in [1.82, 2.24) is 0 Å². The number of carbonyl (C=O) groups excluding carboxylic acids is 4. The second-order valence-electron chi connectivity index (χ2n) is 5.97. The second-order valence-corrected chi connectivity index (χ2v) is 5.97. The normalized spacial score (nSPS) is 11.3. The highest BCUT2D eigenvalue weighted by Gasteiger charge is 2.25. The molecule has 3 N–H and O–H groups in total. The standard InChI is InChI=1S/C20H18O9/c21-14-7-3-1-5-12(14)9-17(24)28-19(26)11-16(23)20(27)29-18(25)10-13-6-2-4-8-15(13)22/h1-8,16,21-23H,9-11H2. The van der Waals surface area contributed by atoms with Crippen LogP contribution >= 0.6 is 0 Å². The lowest BCUT2D eigenvalue weighted by atomic mass is 10.1. The van der Waals surface area contributed by atoms with Crippen molar-refractivity contribution in [3.8, 4) is 11.5 Å². The van der Waals surface area contributed by atoms with Crippen LogP contribution in [0.15, 0.2) is 48.5 Å². The highest BCUT2D eigenvalue weighted by Crippen LogP contribution is 2.17. The van der Waals surface area contributed by atoms with Crippen molar-refractivity contribution in [2.45, 2.75) is 25.4 Å². The van der Waals surface area contributed by atoms with Gasteiger partial charge in [-0.3, -0.25) is 14.4 Å². The quantitative estimate of drug-likeness (QED) is 0.451. The summed E-state index contributed by atoms with van der Waals surface area (Å²) in [5, 5.41) is 28.8. The van der Waals surface area contributed by atoms with Crippen LogP contribution in [-0.4, -0.2) is 45.3 Å². The first-order valence-electron chi connectivity index (χ1n) is 8.46. The molecule has 0 amide bonds. The fourth-order valence-electron chi connectivity index (χ4n) is 2.29. The minimum Gasteiger partial charge on any atom is -0.508 e. The minimum absolute atomic E-state index is 0.150. The lowest BCUT2D eigenvalue weighted by Crippen LogP contribution is -2.30. The molecule has 1 atom stereocenters. The predicted molar refractivity (Wildman–Crippen MR) is 96.4 cm³/mol. The number of aromatic hydroxyl groups is 2. The number of para-hydroxylation sites is 2. The Morgan fingerprint density at radius 3 is 1.66 bits per heavy atom. The molecule has 0 saturated carbocycles. The molecule has 0 aromatic heterocycles. The molecule has 152 valence electrons. The van der Waals surface area contributed by atoms with Crippen LogP contribution in [0.3, 0.4) is 0 Å². The summed E-state index contributed by atoms with van der Waals surface area (Å²) in [7, 11) is 0. The molecular formula is C20H18O9. The summed E-state index contributed by atoms with van der Waals surface area (Å²) >= 11 is 0. The Bertz CT molecular complexity index is 920. The largest absolute Gasteiger partial charge is 0.508 e. The van der Waals surface area contributed by atoms with Crippen LogP contribution in [-0.2, 0) is 41.5 Å². The zero-order chi connectivity index (χ0) is 21.4. The van der Waals surface area contributed by atoms with Crippen molar-refractivity contribution >= 4 is 23.9 Å². The average molecular weight is 402 g/mol. The molecule has 0 saturated heterocycles. The van der Waals surface area contributed by atoms with E-state index in [0.29, 0.717) is 0 Å². The SMILES string of the molecule is O=C(Cc1ccccc1O)OC(=O)CC(O)C(=O)OC(=O)Cc1ccccc1O. The third-order valence-electron chi connectivity index (χ3n) is 3.73. The van der Waals surface area contributed by atoms with Crippen LogP contribution in [0.5, 0.6) is 11.5 Å². The highest BCUT2D eigenvalue weighted by atomic mass is 16.6. The van der Waals surface area contributed by atoms with Gasteiger partial charge in [0, 0.05) is 11.1 Å². The lowest BCUT2D eigenvalue weighted by molar-refractivity contribution is -0.171. The van der Waals surface area contributed by atoms with Crippen LogP contribution < -0.4 is 0 Å². The van der Waals surface area contributed by atoms with Gasteiger partial charge < -0.3 is 24.8 Å². The molecule has 2 aromatic rings. The van der Waals surface area contributed by atoms with E-state index in [-0.39, 0.29) is 22.6 Å². The van der Waals surface area contributed by atoms with E-state index >= 15 is 0 Å². The lowest BCUT2D eigenvalue weighted by Gasteiger charge is -2.10. The molecule has 2 aromatic carbocycles. The molecule has 0 heterocycles. The van der Waals surface area contributed by atoms with Crippen LogP contribution in [0, 0.1) is 0 Å². The number of phenolic OH excluding ortho intramolecular Hbond substituents is 2. The van der Waals surface area contributed by atoms with E-state index < -0.39 is 49.2 Å². The summed E-state index contributed by atoms with van der Waals surface area (Å²) in [6, 6.07) is 11.9. The molecule has 0 aliphatic heterocycles. The Morgan fingerprint density at radius 1 is 0.724 bits per heavy atom. The highest BCUT2D eigenvalue weighted by molar-refractivity contribution is 5.93. The Balaban J connectivity index is 1.80. The minimum atomic E-state index is -2.02. The number of rotatable bonds is 7. The van der Waals surface area contributed by atoms with E-state index in [2.05, 4.69) is 9.47 Å². The zero-order valence-electron chi connectivity index (χ0n) is 15.1. The topological polar surface area (TPSA) is 147 Å². The molecule has 29 heavy (non-hydrogen) atoms. The van der Waals surface area contributed by atoms with Crippen molar-refractivity contribution in [2.24, 2.45) is 0 Å². The van der Waals surface area contributed by atoms with Gasteiger partial charge in [0.1, 0.15) is 11.5 Å². The number of hydrogen-bond acceptors (Lipinski definition) is 9. The first-order valence-corrected chi connectivity index (χ1v) is 8.46. The smallest absolute Gasteiger partial charge is 0.343 e. The number of phenols is 2. The molecule has 0 aliphatic carbocycles. The van der Waals surface area contributed by atoms with Gasteiger partial charge >= 0.3 is 23.9 Å². The number of esters is 4. The number of aliphatic hydroxyl groups excluding tert-OH is 1. The van der Waals surface area contributed by atoms with Gasteiger partial charge in [-0.25, -0.2) is 4.79 Å². The van der Waals surface area contributed by atoms with Crippen LogP contribution in [0.2, 0.25) is 0 Å². The van der Waals surface area contributed by atoms with E-state index in [1.165, 1.54) is 24.3 Å². The van der Waals surface area contributed by atoms with E-state index in [1.807, 2.05) is 0 Å². The van der Waals surface area contributed by atoms with E-state index in [9.17, 15) is 34.5 Å². The molecule has 9 heteroatoms. The number of aliphatic hydroxyl groups is 1. The van der Waals surface area contributed by atoms with Crippen molar-refractivity contribution in [3.05, 3.63) is 59.7 Å². The molecule has 0 bridgehead atoms. The number of benzene rings is 2. The molecule has 0 fully saturated rings. The third-order valence-corrected chi connectivity index (χ3v) is 3.73. The third kappa shape index (κ3) is 6.74. The number of ether oxygens (including phenoxy) is 2. The molecule has 0 spiro atoms. The van der Waals surface area contributed by atoms with E-state index in [0.717, 1.165) is 0 Å². The Kier molecular flexibility index (Phi) is 7.44. The fraction of sp³-hybridized carbons (Fsp3) is 0.200. The van der Waals surface area contributed by atoms with Gasteiger partial charge in [0.25, 0.3) is 0 Å². The van der Waals surface area contributed by atoms with Crippen molar-refractivity contribution in [3.63, 3.8) is 0 Å². The summed E-state index contributed by atoms with van der Waals surface area (Å²) in [4.78, 5) is 46.8. The van der Waals surface area contributed by atoms with Crippen LogP contribution in [0.4, 0.5) is 0 Å². The molecular weight excluding hydrogens is 384 g/mol. The van der Waals surface area contributed by atoms with Gasteiger partial charge in [0.05, 0.1) is 19.3 Å². The van der Waals surface area contributed by atoms with Gasteiger partial charge in [-0.2, -0.15) is 0 Å². The van der Waals surface area contributed by atoms with Crippen LogP contribution in [0.25, 0.3) is 0 Å². The maximum atomic E-state index is 11.7. The maximum Gasteiger partial charge on any atom is 0.343 e. The molecule has 1 unspecified atom stereocenters. The Morgan fingerprint density at radius 2 is 1.17 bits per heavy atom. The summed E-state index contributed by atoms with van der Waals surface area (Å²) in [6.07, 6.45) is -3.74. The summed E-state index contributed by atoms with van der Waals surface area (Å²) in [5.74, 6) is -4.95. The number of carbonyl (C=O) groups is 4. The molecule has 0 aliphatic rings. The molecule has 2 rings (SSSR count). The van der Waals surface area contributed by atoms with Crippen molar-refractivity contribution in [2.75, 3.05) is 0 Å². The fourth-order valence-corrected chi connectivity index (χ4v) is 2.29. The monoisotopic (exact) mass is 402 g/mol. The maximum absolute atomic E-state index is 11.7. The van der Waals surface area contributed by atoms with Gasteiger partial charge in [-0.15, -0.1) is 0 Å². The Hall–Kier alpha value is -3.72. The van der Waals surface area contributed by atoms with Crippen molar-refractivity contribution < 1.29 is 44.0 Å². The first-order chi connectivity index (χ1) is 13.8. The zero-order valence-corrected chi connectivity index (χ0v) is 15.1. The number of hydrogen-bond donors (Lipinski definition) is 3. The first kappa shape index (κ1) is 21.6. The van der Waals surface area contributed by atoms with E-state index in [4.69, 9.17) is 0 Å². The van der Waals surface area contributed by atoms with Gasteiger partial charge in [0.15, 0.2) is 6.10 Å². The van der Waals surface area contributed by atoms with Crippen molar-refractivity contribution in [1.29, 1.82) is 0 Å². The van der Waals surface area contributed by atoms with Gasteiger partial charge in [-0.05, 0) is 12.1 Å². The molecule has 0 radical (unpaired) electrons. The van der Waals surface area contributed by atoms with Crippen LogP contribution in [0.1, 0.15) is 17.5 Å². The summed E-state index contributed by atoms with van der Waals surface area (Å²) in [6.45, 7) is 0. The Labute approximate surface area is 165 Å². The van der Waals surface area contributed by atoms with E-state index in [1.54, 1.807) is 24.3 Å². The predicted octanol–water partition coefficient (Wildman–Crippen LogP) is 0.774.